The van der Waals surface area contributed by atoms with Crippen LogP contribution in [0.15, 0.2) is 45.2 Å². The monoisotopic (exact) mass is 346 g/mol. The summed E-state index contributed by atoms with van der Waals surface area (Å²) in [6.45, 7) is 0.344. The summed E-state index contributed by atoms with van der Waals surface area (Å²) < 4.78 is 27.2. The molecule has 7 heteroatoms. The third kappa shape index (κ3) is 3.38. The van der Waals surface area contributed by atoms with Crippen LogP contribution in [0.4, 0.5) is 0 Å². The SMILES string of the molecule is O=S(=O)(NCCc1nccs1)c1ccccc1Br. The predicted octanol–water partition coefficient (Wildman–Crippen LogP) is 2.43. The average Bonchev–Trinajstić information content (AvgIpc) is 2.82. The first-order chi connectivity index (χ1) is 8.59. The van der Waals surface area contributed by atoms with Crippen molar-refractivity contribution in [3.8, 4) is 0 Å². The second kappa shape index (κ2) is 5.92. The van der Waals surface area contributed by atoms with E-state index >= 15 is 0 Å². The van der Waals surface area contributed by atoms with Crippen molar-refractivity contribution in [2.24, 2.45) is 0 Å². The smallest absolute Gasteiger partial charge is 0.241 e. The Kier molecular flexibility index (Phi) is 4.50. The predicted molar refractivity (Wildman–Crippen MR) is 75.1 cm³/mol. The number of nitrogens with zero attached hydrogens (tertiary/aromatic N) is 1. The zero-order valence-electron chi connectivity index (χ0n) is 9.34. The first kappa shape index (κ1) is 13.7. The van der Waals surface area contributed by atoms with Gasteiger partial charge in [-0.25, -0.2) is 18.1 Å². The van der Waals surface area contributed by atoms with Crippen LogP contribution in [0.3, 0.4) is 0 Å². The average molecular weight is 347 g/mol. The highest BCUT2D eigenvalue weighted by Crippen LogP contribution is 2.20. The third-order valence-electron chi connectivity index (χ3n) is 2.24. The minimum Gasteiger partial charge on any atom is -0.250 e. The van der Waals surface area contributed by atoms with Crippen LogP contribution in [-0.2, 0) is 16.4 Å². The quantitative estimate of drug-likeness (QED) is 0.904. The summed E-state index contributed by atoms with van der Waals surface area (Å²) in [6, 6.07) is 6.74. The molecule has 4 nitrogen and oxygen atoms in total. The summed E-state index contributed by atoms with van der Waals surface area (Å²) in [6.07, 6.45) is 2.31. The Balaban J connectivity index is 2.02. The number of aromatic nitrogens is 1. The van der Waals surface area contributed by atoms with Gasteiger partial charge in [-0.1, -0.05) is 12.1 Å². The molecule has 2 aromatic rings. The first-order valence-electron chi connectivity index (χ1n) is 5.22. The fourth-order valence-electron chi connectivity index (χ4n) is 1.41. The summed E-state index contributed by atoms with van der Waals surface area (Å²) >= 11 is 4.75. The van der Waals surface area contributed by atoms with Gasteiger partial charge in [0.2, 0.25) is 10.0 Å². The minimum atomic E-state index is -3.46. The van der Waals surface area contributed by atoms with Gasteiger partial charge in [-0.3, -0.25) is 0 Å². The van der Waals surface area contributed by atoms with Crippen LogP contribution in [0.2, 0.25) is 0 Å². The van der Waals surface area contributed by atoms with Gasteiger partial charge in [-0.05, 0) is 28.1 Å². The lowest BCUT2D eigenvalue weighted by Crippen LogP contribution is -2.26. The van der Waals surface area contributed by atoms with Crippen molar-refractivity contribution in [1.82, 2.24) is 9.71 Å². The maximum Gasteiger partial charge on any atom is 0.241 e. The van der Waals surface area contributed by atoms with E-state index in [1.54, 1.807) is 30.5 Å². The molecule has 0 spiro atoms. The number of rotatable bonds is 5. The van der Waals surface area contributed by atoms with E-state index in [0.29, 0.717) is 17.4 Å². The highest BCUT2D eigenvalue weighted by Gasteiger charge is 2.16. The lowest BCUT2D eigenvalue weighted by atomic mass is 10.4. The summed E-state index contributed by atoms with van der Waals surface area (Å²) in [7, 11) is -3.46. The normalized spacial score (nSPS) is 11.6. The van der Waals surface area contributed by atoms with E-state index in [4.69, 9.17) is 0 Å². The van der Waals surface area contributed by atoms with Gasteiger partial charge in [0.25, 0.3) is 0 Å². The van der Waals surface area contributed by atoms with E-state index in [9.17, 15) is 8.42 Å². The second-order valence-electron chi connectivity index (χ2n) is 3.50. The summed E-state index contributed by atoms with van der Waals surface area (Å²) in [5.74, 6) is 0. The zero-order chi connectivity index (χ0) is 13.0. The number of hydrogen-bond donors (Lipinski definition) is 1. The molecule has 0 saturated heterocycles. The summed E-state index contributed by atoms with van der Waals surface area (Å²) in [5.41, 5.74) is 0. The van der Waals surface area contributed by atoms with E-state index in [1.165, 1.54) is 11.3 Å². The molecular weight excluding hydrogens is 336 g/mol. The van der Waals surface area contributed by atoms with Crippen molar-refractivity contribution in [1.29, 1.82) is 0 Å². The third-order valence-corrected chi connectivity index (χ3v) is 5.55. The van der Waals surface area contributed by atoms with Gasteiger partial charge in [0.05, 0.1) is 9.90 Å². The van der Waals surface area contributed by atoms with Gasteiger partial charge in [0.1, 0.15) is 0 Å². The van der Waals surface area contributed by atoms with Crippen molar-refractivity contribution in [2.45, 2.75) is 11.3 Å². The number of halogens is 1. The molecule has 2 rings (SSSR count). The Bertz CT molecular complexity index is 612. The van der Waals surface area contributed by atoms with Crippen LogP contribution in [0.5, 0.6) is 0 Å². The first-order valence-corrected chi connectivity index (χ1v) is 8.38. The Morgan fingerprint density at radius 1 is 1.33 bits per heavy atom. The number of benzene rings is 1. The Morgan fingerprint density at radius 2 is 2.11 bits per heavy atom. The molecular formula is C11H11BrN2O2S2. The van der Waals surface area contributed by atoms with Crippen LogP contribution in [0.25, 0.3) is 0 Å². The maximum absolute atomic E-state index is 12.0. The van der Waals surface area contributed by atoms with Gasteiger partial charge in [0, 0.05) is 29.0 Å². The minimum absolute atomic E-state index is 0.254. The number of sulfonamides is 1. The van der Waals surface area contributed by atoms with Crippen LogP contribution in [0, 0.1) is 0 Å². The van der Waals surface area contributed by atoms with Gasteiger partial charge in [-0.15, -0.1) is 11.3 Å². The molecule has 18 heavy (non-hydrogen) atoms. The van der Waals surface area contributed by atoms with E-state index < -0.39 is 10.0 Å². The van der Waals surface area contributed by atoms with Crippen molar-refractivity contribution in [3.63, 3.8) is 0 Å². The molecule has 0 bridgehead atoms. The molecule has 0 fully saturated rings. The lowest BCUT2D eigenvalue weighted by Gasteiger charge is -2.07. The molecule has 0 aliphatic heterocycles. The molecule has 0 radical (unpaired) electrons. The fourth-order valence-corrected chi connectivity index (χ4v) is 4.06. The molecule has 1 N–H and O–H groups in total. The van der Waals surface area contributed by atoms with Gasteiger partial charge in [0.15, 0.2) is 0 Å². The Hall–Kier alpha value is -0.760. The van der Waals surface area contributed by atoms with Crippen LogP contribution >= 0.6 is 27.3 Å². The Morgan fingerprint density at radius 3 is 2.78 bits per heavy atom. The molecule has 0 aliphatic carbocycles. The highest BCUT2D eigenvalue weighted by atomic mass is 79.9. The van der Waals surface area contributed by atoms with Crippen LogP contribution < -0.4 is 4.72 Å². The molecule has 1 aromatic carbocycles. The van der Waals surface area contributed by atoms with Crippen LogP contribution in [-0.4, -0.2) is 19.9 Å². The topological polar surface area (TPSA) is 59.1 Å². The Labute approximate surface area is 118 Å². The van der Waals surface area contributed by atoms with Crippen molar-refractivity contribution in [2.75, 3.05) is 6.54 Å². The van der Waals surface area contributed by atoms with Crippen molar-refractivity contribution < 1.29 is 8.42 Å². The molecule has 0 unspecified atom stereocenters. The molecule has 0 aliphatic rings. The molecule has 0 amide bonds. The molecule has 0 atom stereocenters. The number of hydrogen-bond acceptors (Lipinski definition) is 4. The lowest BCUT2D eigenvalue weighted by molar-refractivity contribution is 0.581. The van der Waals surface area contributed by atoms with Gasteiger partial charge >= 0.3 is 0 Å². The van der Waals surface area contributed by atoms with Crippen molar-refractivity contribution >= 4 is 37.3 Å². The van der Waals surface area contributed by atoms with E-state index in [2.05, 4.69) is 25.6 Å². The molecule has 96 valence electrons. The maximum atomic E-state index is 12.0. The fraction of sp³-hybridized carbons (Fsp3) is 0.182. The highest BCUT2D eigenvalue weighted by molar-refractivity contribution is 9.10. The van der Waals surface area contributed by atoms with Crippen LogP contribution in [0.1, 0.15) is 5.01 Å². The zero-order valence-corrected chi connectivity index (χ0v) is 12.6. The molecule has 1 aromatic heterocycles. The van der Waals surface area contributed by atoms with Gasteiger partial charge < -0.3 is 0 Å². The molecule has 0 saturated carbocycles. The summed E-state index contributed by atoms with van der Waals surface area (Å²) in [5, 5.41) is 2.79. The number of nitrogens with one attached hydrogen (secondary N) is 1. The molecule has 1 heterocycles. The van der Waals surface area contributed by atoms with Crippen molar-refractivity contribution in [3.05, 3.63) is 45.3 Å². The number of thiazole rings is 1. The van der Waals surface area contributed by atoms with E-state index in [0.717, 1.165) is 5.01 Å². The van der Waals surface area contributed by atoms with E-state index in [1.807, 2.05) is 5.38 Å². The summed E-state index contributed by atoms with van der Waals surface area (Å²) in [4.78, 5) is 4.35. The standard InChI is InChI=1S/C11H11BrN2O2S2/c12-9-3-1-2-4-10(9)18(15,16)14-6-5-11-13-7-8-17-11/h1-4,7-8,14H,5-6H2. The second-order valence-corrected chi connectivity index (χ2v) is 7.07. The van der Waals surface area contributed by atoms with Gasteiger partial charge in [-0.2, -0.15) is 0 Å². The largest absolute Gasteiger partial charge is 0.250 e. The van der Waals surface area contributed by atoms with E-state index in [-0.39, 0.29) is 4.90 Å².